The molecule has 0 heterocycles. The van der Waals surface area contributed by atoms with E-state index in [2.05, 4.69) is 23.6 Å². The average Bonchev–Trinajstić information content (AvgIpc) is 2.86. The molecular formula is C18H28N2O3. The van der Waals surface area contributed by atoms with Crippen molar-refractivity contribution in [1.29, 1.82) is 0 Å². The van der Waals surface area contributed by atoms with Crippen molar-refractivity contribution in [3.63, 3.8) is 0 Å². The molecule has 2 unspecified atom stereocenters. The van der Waals surface area contributed by atoms with E-state index in [0.29, 0.717) is 12.3 Å². The van der Waals surface area contributed by atoms with Crippen molar-refractivity contribution in [3.05, 3.63) is 29.3 Å². The standard InChI is InChI=1S/C18H28N2O3/c1-5-12(11-19-17(22)23-18(2,3)4)20-15-10-9-14-13(15)7-6-8-16(14)21/h6-8,12,15,20-21H,5,9-11H2,1-4H3,(H,19,22). The second-order valence-corrected chi connectivity index (χ2v) is 7.09. The number of fused-ring (bicyclic) bond motifs is 1. The van der Waals surface area contributed by atoms with Gasteiger partial charge < -0.3 is 20.5 Å². The molecule has 5 heteroatoms. The lowest BCUT2D eigenvalue weighted by Crippen LogP contribution is -2.43. The molecule has 0 radical (unpaired) electrons. The van der Waals surface area contributed by atoms with E-state index < -0.39 is 5.60 Å². The van der Waals surface area contributed by atoms with Gasteiger partial charge in [0.15, 0.2) is 0 Å². The largest absolute Gasteiger partial charge is 0.508 e. The van der Waals surface area contributed by atoms with Gasteiger partial charge >= 0.3 is 6.09 Å². The zero-order valence-electron chi connectivity index (χ0n) is 14.5. The minimum atomic E-state index is -0.485. The predicted molar refractivity (Wildman–Crippen MR) is 90.6 cm³/mol. The number of benzene rings is 1. The first-order chi connectivity index (χ1) is 10.8. The Kier molecular flexibility index (Phi) is 5.52. The fourth-order valence-electron chi connectivity index (χ4n) is 2.93. The fourth-order valence-corrected chi connectivity index (χ4v) is 2.93. The van der Waals surface area contributed by atoms with Gasteiger partial charge in [-0.05, 0) is 57.2 Å². The normalized spacial score (nSPS) is 18.3. The highest BCUT2D eigenvalue weighted by Gasteiger charge is 2.26. The lowest BCUT2D eigenvalue weighted by atomic mass is 10.1. The number of carbonyl (C=O) groups is 1. The first-order valence-corrected chi connectivity index (χ1v) is 8.33. The number of hydrogen-bond donors (Lipinski definition) is 3. The van der Waals surface area contributed by atoms with Crippen molar-refractivity contribution in [2.75, 3.05) is 6.54 Å². The molecule has 0 saturated carbocycles. The lowest BCUT2D eigenvalue weighted by Gasteiger charge is -2.24. The molecule has 3 N–H and O–H groups in total. The van der Waals surface area contributed by atoms with Crippen LogP contribution in [0, 0.1) is 0 Å². The summed E-state index contributed by atoms with van der Waals surface area (Å²) in [6.45, 7) is 8.17. The van der Waals surface area contributed by atoms with Gasteiger partial charge in [0.05, 0.1) is 0 Å². The minimum absolute atomic E-state index is 0.167. The predicted octanol–water partition coefficient (Wildman–Crippen LogP) is 3.27. The summed E-state index contributed by atoms with van der Waals surface area (Å²) in [6, 6.07) is 6.08. The number of hydrogen-bond acceptors (Lipinski definition) is 4. The molecule has 2 rings (SSSR count). The van der Waals surface area contributed by atoms with Gasteiger partial charge in [-0.1, -0.05) is 19.1 Å². The Morgan fingerprint density at radius 2 is 2.17 bits per heavy atom. The molecule has 128 valence electrons. The monoisotopic (exact) mass is 320 g/mol. The molecule has 0 spiro atoms. The summed E-state index contributed by atoms with van der Waals surface area (Å²) in [5, 5.41) is 16.3. The third-order valence-electron chi connectivity index (χ3n) is 4.07. The Morgan fingerprint density at radius 1 is 1.43 bits per heavy atom. The molecule has 1 aromatic rings. The van der Waals surface area contributed by atoms with Crippen LogP contribution in [0.4, 0.5) is 4.79 Å². The number of alkyl carbamates (subject to hydrolysis) is 1. The smallest absolute Gasteiger partial charge is 0.407 e. The van der Waals surface area contributed by atoms with Gasteiger partial charge in [0.2, 0.25) is 0 Å². The number of ether oxygens (including phenoxy) is 1. The molecule has 1 aliphatic carbocycles. The minimum Gasteiger partial charge on any atom is -0.508 e. The van der Waals surface area contributed by atoms with E-state index in [4.69, 9.17) is 4.74 Å². The number of rotatable bonds is 5. The van der Waals surface area contributed by atoms with Gasteiger partial charge in [-0.3, -0.25) is 0 Å². The summed E-state index contributed by atoms with van der Waals surface area (Å²) in [7, 11) is 0. The maximum absolute atomic E-state index is 11.8. The van der Waals surface area contributed by atoms with E-state index >= 15 is 0 Å². The van der Waals surface area contributed by atoms with Gasteiger partial charge in [-0.25, -0.2) is 4.79 Å². The van der Waals surface area contributed by atoms with Crippen LogP contribution in [0.15, 0.2) is 18.2 Å². The van der Waals surface area contributed by atoms with E-state index in [1.54, 1.807) is 6.07 Å². The highest BCUT2D eigenvalue weighted by Crippen LogP contribution is 2.36. The van der Waals surface area contributed by atoms with E-state index in [1.165, 1.54) is 5.56 Å². The summed E-state index contributed by atoms with van der Waals surface area (Å²) < 4.78 is 5.26. The van der Waals surface area contributed by atoms with Crippen molar-refractivity contribution >= 4 is 6.09 Å². The van der Waals surface area contributed by atoms with Crippen LogP contribution in [0.1, 0.15) is 57.7 Å². The van der Waals surface area contributed by atoms with Crippen molar-refractivity contribution < 1.29 is 14.6 Å². The molecule has 0 fully saturated rings. The first-order valence-electron chi connectivity index (χ1n) is 8.33. The highest BCUT2D eigenvalue weighted by atomic mass is 16.6. The third-order valence-corrected chi connectivity index (χ3v) is 4.07. The first kappa shape index (κ1) is 17.6. The van der Waals surface area contributed by atoms with Crippen LogP contribution in [0.2, 0.25) is 0 Å². The fraction of sp³-hybridized carbons (Fsp3) is 0.611. The Bertz CT molecular complexity index is 552. The number of carbonyl (C=O) groups excluding carboxylic acids is 1. The molecule has 0 saturated heterocycles. The van der Waals surface area contributed by atoms with Crippen molar-refractivity contribution in [2.24, 2.45) is 0 Å². The van der Waals surface area contributed by atoms with Gasteiger partial charge in [0.25, 0.3) is 0 Å². The summed E-state index contributed by atoms with van der Waals surface area (Å²) >= 11 is 0. The maximum Gasteiger partial charge on any atom is 0.407 e. The topological polar surface area (TPSA) is 70.6 Å². The molecule has 1 amide bonds. The van der Waals surface area contributed by atoms with Crippen LogP contribution in [0.25, 0.3) is 0 Å². The Balaban J connectivity index is 1.89. The summed E-state index contributed by atoms with van der Waals surface area (Å²) in [6.07, 6.45) is 2.37. The number of phenols is 1. The molecule has 23 heavy (non-hydrogen) atoms. The summed E-state index contributed by atoms with van der Waals surface area (Å²) in [4.78, 5) is 11.8. The molecule has 2 atom stereocenters. The van der Waals surface area contributed by atoms with Crippen LogP contribution in [-0.2, 0) is 11.2 Å². The Labute approximate surface area is 138 Å². The summed E-state index contributed by atoms with van der Waals surface area (Å²) in [5.41, 5.74) is 1.72. The van der Waals surface area contributed by atoms with Crippen LogP contribution in [0.5, 0.6) is 5.75 Å². The van der Waals surface area contributed by atoms with Gasteiger partial charge in [-0.15, -0.1) is 0 Å². The van der Waals surface area contributed by atoms with Crippen LogP contribution in [-0.4, -0.2) is 29.4 Å². The summed E-state index contributed by atoms with van der Waals surface area (Å²) in [5.74, 6) is 0.381. The second kappa shape index (κ2) is 7.21. The van der Waals surface area contributed by atoms with Crippen LogP contribution < -0.4 is 10.6 Å². The Morgan fingerprint density at radius 3 is 2.83 bits per heavy atom. The molecule has 0 bridgehead atoms. The van der Waals surface area contributed by atoms with E-state index in [-0.39, 0.29) is 18.2 Å². The molecule has 5 nitrogen and oxygen atoms in total. The number of phenolic OH excluding ortho intramolecular Hbond substituents is 1. The number of aromatic hydroxyl groups is 1. The number of nitrogens with one attached hydrogen (secondary N) is 2. The zero-order chi connectivity index (χ0) is 17.0. The van der Waals surface area contributed by atoms with Crippen LogP contribution >= 0.6 is 0 Å². The van der Waals surface area contributed by atoms with Crippen molar-refractivity contribution in [3.8, 4) is 5.75 Å². The molecule has 1 aromatic carbocycles. The number of amides is 1. The molecule has 0 aromatic heterocycles. The quantitative estimate of drug-likeness (QED) is 0.779. The molecular weight excluding hydrogens is 292 g/mol. The van der Waals surface area contributed by atoms with E-state index in [1.807, 2.05) is 26.8 Å². The van der Waals surface area contributed by atoms with Gasteiger partial charge in [0.1, 0.15) is 11.4 Å². The average molecular weight is 320 g/mol. The third kappa shape index (κ3) is 4.86. The highest BCUT2D eigenvalue weighted by molar-refractivity contribution is 5.67. The SMILES string of the molecule is CCC(CNC(=O)OC(C)(C)C)NC1CCc2c(O)cccc21. The van der Waals surface area contributed by atoms with Gasteiger partial charge in [-0.2, -0.15) is 0 Å². The van der Waals surface area contributed by atoms with Crippen molar-refractivity contribution in [1.82, 2.24) is 10.6 Å². The second-order valence-electron chi connectivity index (χ2n) is 7.09. The molecule has 1 aliphatic rings. The maximum atomic E-state index is 11.8. The van der Waals surface area contributed by atoms with E-state index in [0.717, 1.165) is 24.8 Å². The van der Waals surface area contributed by atoms with E-state index in [9.17, 15) is 9.90 Å². The van der Waals surface area contributed by atoms with Gasteiger partial charge in [0, 0.05) is 18.6 Å². The van der Waals surface area contributed by atoms with Crippen LogP contribution in [0.3, 0.4) is 0 Å². The lowest BCUT2D eigenvalue weighted by molar-refractivity contribution is 0.0521. The van der Waals surface area contributed by atoms with Crippen molar-refractivity contribution in [2.45, 2.75) is 64.6 Å². The zero-order valence-corrected chi connectivity index (χ0v) is 14.5. The Hall–Kier alpha value is -1.75. The molecule has 0 aliphatic heterocycles.